The molecule has 66 valence electrons. The van der Waals surface area contributed by atoms with Gasteiger partial charge in [0.05, 0.1) is 0 Å². The van der Waals surface area contributed by atoms with Crippen LogP contribution in [0.15, 0.2) is 0 Å². The summed E-state index contributed by atoms with van der Waals surface area (Å²) in [6.45, 7) is 11.9. The van der Waals surface area contributed by atoms with Gasteiger partial charge in [-0.05, 0) is 36.0 Å². The van der Waals surface area contributed by atoms with Crippen molar-refractivity contribution in [2.75, 3.05) is 0 Å². The molecule has 0 aromatic heterocycles. The smallest absolute Gasteiger partial charge is 0.0351 e. The third-order valence-electron chi connectivity index (χ3n) is 3.19. The van der Waals surface area contributed by atoms with E-state index >= 15 is 0 Å². The van der Waals surface area contributed by atoms with Gasteiger partial charge in [0, 0.05) is 0 Å². The van der Waals surface area contributed by atoms with E-state index in [1.54, 1.807) is 0 Å². The summed E-state index contributed by atoms with van der Waals surface area (Å²) >= 11 is 0. The Kier molecular flexibility index (Phi) is 2.07. The molecule has 1 rings (SSSR count). The van der Waals surface area contributed by atoms with Gasteiger partial charge in [-0.2, -0.15) is 0 Å². The standard InChI is InChI=1S/C11H22/c1-10(2,3)9-6-7-11(4,5)8-9/h9H,6-8H2,1-5H3/t9-/m1/s1. The molecule has 0 saturated heterocycles. The molecular formula is C11H22. The van der Waals surface area contributed by atoms with Gasteiger partial charge in [-0.15, -0.1) is 0 Å². The van der Waals surface area contributed by atoms with E-state index in [-0.39, 0.29) is 0 Å². The predicted molar refractivity (Wildman–Crippen MR) is 50.6 cm³/mol. The van der Waals surface area contributed by atoms with Crippen molar-refractivity contribution in [3.05, 3.63) is 0 Å². The van der Waals surface area contributed by atoms with Gasteiger partial charge in [-0.25, -0.2) is 0 Å². The monoisotopic (exact) mass is 154 g/mol. The summed E-state index contributed by atoms with van der Waals surface area (Å²) in [5, 5.41) is 0. The molecule has 1 aliphatic rings. The highest BCUT2D eigenvalue weighted by molar-refractivity contribution is 4.87. The molecule has 0 unspecified atom stereocenters. The predicted octanol–water partition coefficient (Wildman–Crippen LogP) is 3.86. The Labute approximate surface area is 71.4 Å². The molecule has 0 aromatic rings. The molecule has 0 radical (unpaired) electrons. The van der Waals surface area contributed by atoms with E-state index in [0.29, 0.717) is 10.8 Å². The Morgan fingerprint density at radius 2 is 1.73 bits per heavy atom. The minimum absolute atomic E-state index is 0.535. The molecule has 0 amide bonds. The highest BCUT2D eigenvalue weighted by Crippen LogP contribution is 2.48. The molecule has 11 heavy (non-hydrogen) atoms. The van der Waals surface area contributed by atoms with Gasteiger partial charge in [-0.3, -0.25) is 0 Å². The van der Waals surface area contributed by atoms with Gasteiger partial charge in [0.2, 0.25) is 0 Å². The zero-order valence-electron chi connectivity index (χ0n) is 8.70. The first-order chi connectivity index (χ1) is 4.81. The zero-order valence-corrected chi connectivity index (χ0v) is 8.70. The molecule has 0 bridgehead atoms. The van der Waals surface area contributed by atoms with Crippen LogP contribution in [0.25, 0.3) is 0 Å². The van der Waals surface area contributed by atoms with E-state index in [1.807, 2.05) is 0 Å². The van der Waals surface area contributed by atoms with Crippen LogP contribution < -0.4 is 0 Å². The maximum Gasteiger partial charge on any atom is -0.0351 e. The number of hydrogen-bond acceptors (Lipinski definition) is 0. The van der Waals surface area contributed by atoms with E-state index in [2.05, 4.69) is 34.6 Å². The van der Waals surface area contributed by atoms with Crippen molar-refractivity contribution in [3.63, 3.8) is 0 Å². The van der Waals surface area contributed by atoms with Crippen LogP contribution in [0.1, 0.15) is 53.9 Å². The first-order valence-corrected chi connectivity index (χ1v) is 4.81. The third-order valence-corrected chi connectivity index (χ3v) is 3.19. The van der Waals surface area contributed by atoms with Gasteiger partial charge in [0.1, 0.15) is 0 Å². The quantitative estimate of drug-likeness (QED) is 0.497. The van der Waals surface area contributed by atoms with E-state index in [0.717, 1.165) is 5.92 Å². The van der Waals surface area contributed by atoms with Crippen LogP contribution in [0, 0.1) is 16.7 Å². The molecule has 0 nitrogen and oxygen atoms in total. The minimum Gasteiger partial charge on any atom is -0.0599 e. The molecule has 0 N–H and O–H groups in total. The maximum absolute atomic E-state index is 2.40. The second kappa shape index (κ2) is 2.50. The first-order valence-electron chi connectivity index (χ1n) is 4.81. The largest absolute Gasteiger partial charge is 0.0599 e. The second-order valence-electron chi connectivity index (χ2n) is 5.97. The molecule has 1 fully saturated rings. The summed E-state index contributed by atoms with van der Waals surface area (Å²) in [5.41, 5.74) is 1.16. The number of hydrogen-bond donors (Lipinski definition) is 0. The second-order valence-corrected chi connectivity index (χ2v) is 5.97. The summed E-state index contributed by atoms with van der Waals surface area (Å²) in [7, 11) is 0. The Bertz CT molecular complexity index is 137. The SMILES string of the molecule is CC1(C)CC[C@@H](C(C)(C)C)C1. The fourth-order valence-electron chi connectivity index (χ4n) is 2.18. The lowest BCUT2D eigenvalue weighted by atomic mass is 9.78. The lowest BCUT2D eigenvalue weighted by Crippen LogP contribution is -2.18. The Morgan fingerprint density at radius 3 is 1.91 bits per heavy atom. The van der Waals surface area contributed by atoms with E-state index in [1.165, 1.54) is 19.3 Å². The van der Waals surface area contributed by atoms with Crippen molar-refractivity contribution in [2.45, 2.75) is 53.9 Å². The van der Waals surface area contributed by atoms with Crippen molar-refractivity contribution in [1.82, 2.24) is 0 Å². The van der Waals surface area contributed by atoms with Gasteiger partial charge in [-0.1, -0.05) is 34.6 Å². The Balaban J connectivity index is 2.55. The van der Waals surface area contributed by atoms with Crippen LogP contribution in [0.5, 0.6) is 0 Å². The zero-order chi connectivity index (χ0) is 8.70. The van der Waals surface area contributed by atoms with Crippen LogP contribution in [0.4, 0.5) is 0 Å². The molecule has 0 aliphatic heterocycles. The average molecular weight is 154 g/mol. The van der Waals surface area contributed by atoms with E-state index in [4.69, 9.17) is 0 Å². The maximum atomic E-state index is 2.40. The van der Waals surface area contributed by atoms with Gasteiger partial charge in [0.15, 0.2) is 0 Å². The molecule has 0 heterocycles. The van der Waals surface area contributed by atoms with E-state index < -0.39 is 0 Å². The normalized spacial score (nSPS) is 30.8. The average Bonchev–Trinajstić information content (AvgIpc) is 2.07. The molecule has 0 heteroatoms. The summed E-state index contributed by atoms with van der Waals surface area (Å²) < 4.78 is 0. The molecular weight excluding hydrogens is 132 g/mol. The molecule has 1 saturated carbocycles. The third kappa shape index (κ3) is 2.21. The van der Waals surface area contributed by atoms with Gasteiger partial charge >= 0.3 is 0 Å². The summed E-state index contributed by atoms with van der Waals surface area (Å²) in [5.74, 6) is 0.956. The summed E-state index contributed by atoms with van der Waals surface area (Å²) in [6, 6.07) is 0. The fourth-order valence-corrected chi connectivity index (χ4v) is 2.18. The van der Waals surface area contributed by atoms with Crippen LogP contribution >= 0.6 is 0 Å². The van der Waals surface area contributed by atoms with E-state index in [9.17, 15) is 0 Å². The molecule has 0 spiro atoms. The van der Waals surface area contributed by atoms with Crippen LogP contribution in [-0.4, -0.2) is 0 Å². The lowest BCUT2D eigenvalue weighted by molar-refractivity contribution is 0.223. The van der Waals surface area contributed by atoms with Gasteiger partial charge < -0.3 is 0 Å². The van der Waals surface area contributed by atoms with Crippen LogP contribution in [-0.2, 0) is 0 Å². The number of rotatable bonds is 0. The molecule has 0 aromatic carbocycles. The summed E-state index contributed by atoms with van der Waals surface area (Å²) in [4.78, 5) is 0. The Morgan fingerprint density at radius 1 is 1.18 bits per heavy atom. The van der Waals surface area contributed by atoms with Gasteiger partial charge in [0.25, 0.3) is 0 Å². The minimum atomic E-state index is 0.535. The fraction of sp³-hybridized carbons (Fsp3) is 1.00. The van der Waals surface area contributed by atoms with Crippen LogP contribution in [0.2, 0.25) is 0 Å². The van der Waals surface area contributed by atoms with Crippen molar-refractivity contribution in [1.29, 1.82) is 0 Å². The topological polar surface area (TPSA) is 0 Å². The van der Waals surface area contributed by atoms with Crippen molar-refractivity contribution in [3.8, 4) is 0 Å². The molecule has 1 aliphatic carbocycles. The van der Waals surface area contributed by atoms with Crippen LogP contribution in [0.3, 0.4) is 0 Å². The molecule has 1 atom stereocenters. The van der Waals surface area contributed by atoms with Crippen molar-refractivity contribution < 1.29 is 0 Å². The highest BCUT2D eigenvalue weighted by Gasteiger charge is 2.36. The summed E-state index contributed by atoms with van der Waals surface area (Å²) in [6.07, 6.45) is 4.29. The Hall–Kier alpha value is 0. The van der Waals surface area contributed by atoms with Crippen molar-refractivity contribution >= 4 is 0 Å². The highest BCUT2D eigenvalue weighted by atomic mass is 14.4. The van der Waals surface area contributed by atoms with Crippen molar-refractivity contribution in [2.24, 2.45) is 16.7 Å². The lowest BCUT2D eigenvalue weighted by Gasteiger charge is -2.28. The first kappa shape index (κ1) is 9.09.